The molecule has 0 radical (unpaired) electrons. The lowest BCUT2D eigenvalue weighted by Crippen LogP contribution is -3.10. The maximum absolute atomic E-state index is 13.6. The fraction of sp³-hybridized carbons (Fsp3) is 0.478. The minimum absolute atomic E-state index is 0.139. The molecule has 1 saturated heterocycles. The van der Waals surface area contributed by atoms with Crippen molar-refractivity contribution in [3.8, 4) is 5.69 Å². The van der Waals surface area contributed by atoms with Gasteiger partial charge in [-0.05, 0) is 43.4 Å². The first-order chi connectivity index (χ1) is 14.2. The minimum Gasteiger partial charge on any atom is -0.333 e. The van der Waals surface area contributed by atoms with Gasteiger partial charge in [0.1, 0.15) is 4.83 Å². The number of para-hydroxylation sites is 1. The van der Waals surface area contributed by atoms with Crippen LogP contribution in [0.2, 0.25) is 0 Å². The Bertz CT molecular complexity index is 1140. The molecule has 0 bridgehead atoms. The summed E-state index contributed by atoms with van der Waals surface area (Å²) in [5, 5.41) is 0.798. The number of aryl methyl sites for hydroxylation is 2. The van der Waals surface area contributed by atoms with E-state index in [2.05, 4.69) is 0 Å². The second-order valence-electron chi connectivity index (χ2n) is 8.36. The summed E-state index contributed by atoms with van der Waals surface area (Å²) in [6.07, 6.45) is 8.05. The number of nitrogens with one attached hydrogen (secondary N) is 1. The van der Waals surface area contributed by atoms with Crippen LogP contribution in [0.3, 0.4) is 0 Å². The van der Waals surface area contributed by atoms with E-state index in [-0.39, 0.29) is 11.2 Å². The summed E-state index contributed by atoms with van der Waals surface area (Å²) in [7, 11) is 0. The van der Waals surface area contributed by atoms with Crippen LogP contribution in [0.25, 0.3) is 15.9 Å². The molecule has 1 N–H and O–H groups in total. The summed E-state index contributed by atoms with van der Waals surface area (Å²) < 4.78 is 3.30. The Balaban J connectivity index is 1.72. The highest BCUT2D eigenvalue weighted by atomic mass is 32.1. The predicted octanol–water partition coefficient (Wildman–Crippen LogP) is 2.16. The molecule has 0 amide bonds. The van der Waals surface area contributed by atoms with Crippen molar-refractivity contribution in [2.24, 2.45) is 0 Å². The van der Waals surface area contributed by atoms with Crippen molar-refractivity contribution < 1.29 is 4.90 Å². The third-order valence-electron chi connectivity index (χ3n) is 6.50. The molecule has 0 atom stereocenters. The van der Waals surface area contributed by atoms with Crippen LogP contribution in [-0.4, -0.2) is 28.8 Å². The number of nitrogens with zero attached hydrogens (tertiary/aromatic N) is 2. The molecule has 152 valence electrons. The van der Waals surface area contributed by atoms with Crippen molar-refractivity contribution in [3.63, 3.8) is 0 Å². The zero-order chi connectivity index (χ0) is 19.8. The fourth-order valence-electron chi connectivity index (χ4n) is 4.94. The lowest BCUT2D eigenvalue weighted by molar-refractivity contribution is -0.888. The maximum atomic E-state index is 13.6. The van der Waals surface area contributed by atoms with Gasteiger partial charge in [-0.25, -0.2) is 9.36 Å². The molecular formula is C23H28N3O2S+. The first kappa shape index (κ1) is 18.8. The molecule has 0 unspecified atom stereocenters. The highest BCUT2D eigenvalue weighted by Gasteiger charge is 2.24. The number of fused-ring (bicyclic) bond motifs is 3. The Kier molecular flexibility index (Phi) is 5.14. The number of likely N-dealkylation sites (tertiary alicyclic amines) is 1. The van der Waals surface area contributed by atoms with E-state index >= 15 is 0 Å². The van der Waals surface area contributed by atoms with Crippen molar-refractivity contribution in [1.29, 1.82) is 0 Å². The molecule has 1 aliphatic carbocycles. The van der Waals surface area contributed by atoms with Gasteiger partial charge in [-0.2, -0.15) is 0 Å². The normalized spacial score (nSPS) is 17.5. The quantitative estimate of drug-likeness (QED) is 0.670. The van der Waals surface area contributed by atoms with Crippen LogP contribution in [0, 0.1) is 0 Å². The van der Waals surface area contributed by atoms with E-state index in [1.165, 1.54) is 53.8 Å². The van der Waals surface area contributed by atoms with Crippen LogP contribution in [-0.2, 0) is 19.4 Å². The van der Waals surface area contributed by atoms with Gasteiger partial charge in [-0.3, -0.25) is 9.36 Å². The van der Waals surface area contributed by atoms with Crippen molar-refractivity contribution in [2.75, 3.05) is 19.6 Å². The zero-order valence-electron chi connectivity index (χ0n) is 16.8. The standard InChI is InChI=1S/C23H27N3O2S/c27-21-20-18-11-5-2-6-12-19(18)29-22(20)25(16-15-24-13-7-8-14-24)23(28)26(21)17-9-3-1-4-10-17/h1,3-4,9-10H,2,5-8,11-16H2/p+1. The molecule has 5 rings (SSSR count). The number of thiophene rings is 1. The minimum atomic E-state index is -0.191. The summed E-state index contributed by atoms with van der Waals surface area (Å²) >= 11 is 1.69. The number of quaternary nitrogens is 1. The van der Waals surface area contributed by atoms with Crippen LogP contribution < -0.4 is 16.1 Å². The third-order valence-corrected chi connectivity index (χ3v) is 7.82. The SMILES string of the molecule is O=c1c2c3c(sc2n(CC[NH+]2CCCC2)c(=O)n1-c1ccccc1)CCCCC3. The first-order valence-corrected chi connectivity index (χ1v) is 11.7. The van der Waals surface area contributed by atoms with E-state index in [9.17, 15) is 9.59 Å². The van der Waals surface area contributed by atoms with E-state index in [0.29, 0.717) is 12.2 Å². The second kappa shape index (κ2) is 7.92. The second-order valence-corrected chi connectivity index (χ2v) is 9.45. The summed E-state index contributed by atoms with van der Waals surface area (Å²) in [5.74, 6) is 0. The van der Waals surface area contributed by atoms with Gasteiger partial charge in [0.2, 0.25) is 0 Å². The third kappa shape index (κ3) is 3.38. The molecule has 0 spiro atoms. The molecule has 2 aromatic heterocycles. The van der Waals surface area contributed by atoms with Crippen LogP contribution in [0.4, 0.5) is 0 Å². The Morgan fingerprint density at radius 3 is 2.48 bits per heavy atom. The number of hydrogen-bond acceptors (Lipinski definition) is 3. The van der Waals surface area contributed by atoms with Gasteiger partial charge in [0.05, 0.1) is 37.3 Å². The number of benzene rings is 1. The Morgan fingerprint density at radius 1 is 0.931 bits per heavy atom. The Hall–Kier alpha value is -2.18. The Morgan fingerprint density at radius 2 is 1.69 bits per heavy atom. The first-order valence-electron chi connectivity index (χ1n) is 10.9. The highest BCUT2D eigenvalue weighted by Crippen LogP contribution is 2.33. The lowest BCUT2D eigenvalue weighted by Gasteiger charge is -2.15. The molecule has 5 nitrogen and oxygen atoms in total. The van der Waals surface area contributed by atoms with Gasteiger partial charge in [0.25, 0.3) is 5.56 Å². The maximum Gasteiger partial charge on any atom is 0.336 e. The predicted molar refractivity (Wildman–Crippen MR) is 118 cm³/mol. The number of aromatic nitrogens is 2. The Labute approximate surface area is 174 Å². The molecular weight excluding hydrogens is 382 g/mol. The molecule has 1 fully saturated rings. The fourth-order valence-corrected chi connectivity index (χ4v) is 6.34. The molecule has 1 aliphatic heterocycles. The highest BCUT2D eigenvalue weighted by molar-refractivity contribution is 7.18. The molecule has 1 aromatic carbocycles. The van der Waals surface area contributed by atoms with Gasteiger partial charge in [-0.1, -0.05) is 24.6 Å². The summed E-state index contributed by atoms with van der Waals surface area (Å²) in [6.45, 7) is 4.01. The molecule has 6 heteroatoms. The van der Waals surface area contributed by atoms with Crippen LogP contribution in [0.1, 0.15) is 42.5 Å². The topological polar surface area (TPSA) is 48.4 Å². The molecule has 0 saturated carbocycles. The van der Waals surface area contributed by atoms with Crippen molar-refractivity contribution in [1.82, 2.24) is 9.13 Å². The molecule has 3 aromatic rings. The molecule has 3 heterocycles. The largest absolute Gasteiger partial charge is 0.336 e. The van der Waals surface area contributed by atoms with Crippen molar-refractivity contribution >= 4 is 21.6 Å². The van der Waals surface area contributed by atoms with Crippen molar-refractivity contribution in [2.45, 2.75) is 51.5 Å². The average molecular weight is 411 g/mol. The van der Waals surface area contributed by atoms with Gasteiger partial charge in [-0.15, -0.1) is 11.3 Å². The van der Waals surface area contributed by atoms with Gasteiger partial charge in [0, 0.05) is 17.7 Å². The van der Waals surface area contributed by atoms with Crippen molar-refractivity contribution in [3.05, 3.63) is 61.6 Å². The van der Waals surface area contributed by atoms with E-state index in [1.54, 1.807) is 16.2 Å². The van der Waals surface area contributed by atoms with Crippen LogP contribution in [0.15, 0.2) is 39.9 Å². The average Bonchev–Trinajstić information content (AvgIpc) is 3.31. The van der Waals surface area contributed by atoms with E-state index in [1.807, 2.05) is 34.9 Å². The summed E-state index contributed by atoms with van der Waals surface area (Å²) in [4.78, 5) is 30.9. The van der Waals surface area contributed by atoms with E-state index < -0.39 is 0 Å². The smallest absolute Gasteiger partial charge is 0.333 e. The summed E-state index contributed by atoms with van der Waals surface area (Å²) in [6, 6.07) is 9.40. The zero-order valence-corrected chi connectivity index (χ0v) is 17.6. The lowest BCUT2D eigenvalue weighted by atomic mass is 10.1. The van der Waals surface area contributed by atoms with Crippen LogP contribution in [0.5, 0.6) is 0 Å². The summed E-state index contributed by atoms with van der Waals surface area (Å²) in [5.41, 5.74) is 1.55. The van der Waals surface area contributed by atoms with Gasteiger partial charge < -0.3 is 4.90 Å². The number of rotatable bonds is 4. The monoisotopic (exact) mass is 410 g/mol. The van der Waals surface area contributed by atoms with E-state index in [0.717, 1.165) is 36.0 Å². The number of hydrogen-bond donors (Lipinski definition) is 1. The van der Waals surface area contributed by atoms with Crippen LogP contribution >= 0.6 is 11.3 Å². The van der Waals surface area contributed by atoms with Gasteiger partial charge in [0.15, 0.2) is 0 Å². The molecule has 29 heavy (non-hydrogen) atoms. The molecule has 2 aliphatic rings. The van der Waals surface area contributed by atoms with E-state index in [4.69, 9.17) is 0 Å². The van der Waals surface area contributed by atoms with Gasteiger partial charge >= 0.3 is 5.69 Å².